The highest BCUT2D eigenvalue weighted by atomic mass is 32.2. The van der Waals surface area contributed by atoms with Crippen LogP contribution in [0.15, 0.2) is 41.3 Å². The first-order valence-corrected chi connectivity index (χ1v) is 6.51. The average Bonchev–Trinajstić information content (AvgIpc) is 2.26. The third kappa shape index (κ3) is 2.34. The van der Waals surface area contributed by atoms with Crippen LogP contribution in [-0.4, -0.2) is 18.9 Å². The molecule has 94 valence electrons. The van der Waals surface area contributed by atoms with Gasteiger partial charge in [-0.3, -0.25) is 9.35 Å². The zero-order valence-electron chi connectivity index (χ0n) is 9.45. The fourth-order valence-electron chi connectivity index (χ4n) is 1.72. The molecule has 1 N–H and O–H groups in total. The normalized spacial score (nSPS) is 11.4. The Bertz CT molecular complexity index is 718. The van der Waals surface area contributed by atoms with E-state index >= 15 is 0 Å². The summed E-state index contributed by atoms with van der Waals surface area (Å²) in [6.45, 7) is 1.26. The molecular formula is C12H10O5S. The van der Waals surface area contributed by atoms with Gasteiger partial charge in [0.05, 0.1) is 0 Å². The molecule has 2 rings (SSSR count). The molecule has 2 aromatic carbocycles. The minimum absolute atomic E-state index is 0.214. The first kappa shape index (κ1) is 12.5. The zero-order chi connectivity index (χ0) is 13.3. The Morgan fingerprint density at radius 1 is 1.11 bits per heavy atom. The van der Waals surface area contributed by atoms with Gasteiger partial charge in [-0.2, -0.15) is 8.42 Å². The molecule has 18 heavy (non-hydrogen) atoms. The molecule has 0 aliphatic carbocycles. The fourth-order valence-corrected chi connectivity index (χ4v) is 2.43. The van der Waals surface area contributed by atoms with Gasteiger partial charge in [-0.1, -0.05) is 24.3 Å². The van der Waals surface area contributed by atoms with Crippen molar-refractivity contribution >= 4 is 26.9 Å². The lowest BCUT2D eigenvalue weighted by Crippen LogP contribution is -2.03. The van der Waals surface area contributed by atoms with Crippen molar-refractivity contribution in [1.82, 2.24) is 0 Å². The number of fused-ring (bicyclic) bond motifs is 1. The van der Waals surface area contributed by atoms with Gasteiger partial charge < -0.3 is 4.74 Å². The summed E-state index contributed by atoms with van der Waals surface area (Å²) < 4.78 is 36.6. The van der Waals surface area contributed by atoms with E-state index in [2.05, 4.69) is 0 Å². The third-order valence-corrected chi connectivity index (χ3v) is 3.29. The molecule has 0 amide bonds. The molecule has 2 aromatic rings. The van der Waals surface area contributed by atoms with Gasteiger partial charge in [0.15, 0.2) is 0 Å². The molecule has 0 fully saturated rings. The minimum Gasteiger partial charge on any atom is -0.426 e. The Kier molecular flexibility index (Phi) is 3.06. The van der Waals surface area contributed by atoms with Gasteiger partial charge in [0, 0.05) is 17.7 Å². The number of rotatable bonds is 2. The largest absolute Gasteiger partial charge is 0.426 e. The van der Waals surface area contributed by atoms with Crippen molar-refractivity contribution in [3.8, 4) is 5.75 Å². The molecule has 6 heteroatoms. The molecule has 0 heterocycles. The van der Waals surface area contributed by atoms with Crippen LogP contribution in [0.1, 0.15) is 6.92 Å². The van der Waals surface area contributed by atoms with Crippen molar-refractivity contribution < 1.29 is 22.5 Å². The molecule has 5 nitrogen and oxygen atoms in total. The smallest absolute Gasteiger partial charge is 0.308 e. The van der Waals surface area contributed by atoms with Crippen LogP contribution in [0.3, 0.4) is 0 Å². The van der Waals surface area contributed by atoms with Crippen LogP contribution in [0, 0.1) is 0 Å². The molecule has 0 aromatic heterocycles. The van der Waals surface area contributed by atoms with E-state index in [9.17, 15) is 13.2 Å². The summed E-state index contributed by atoms with van der Waals surface area (Å²) in [7, 11) is -4.32. The lowest BCUT2D eigenvalue weighted by molar-refractivity contribution is -0.131. The topological polar surface area (TPSA) is 80.7 Å². The minimum atomic E-state index is -4.32. The number of esters is 1. The lowest BCUT2D eigenvalue weighted by Gasteiger charge is -2.08. The SMILES string of the molecule is CC(=O)Oc1cccc2c(S(=O)(=O)O)cccc12. The second-order valence-corrected chi connectivity index (χ2v) is 5.07. The predicted molar refractivity (Wildman–Crippen MR) is 65.1 cm³/mol. The Balaban J connectivity index is 2.77. The summed E-state index contributed by atoms with van der Waals surface area (Å²) in [4.78, 5) is 10.7. The Morgan fingerprint density at radius 3 is 2.33 bits per heavy atom. The maximum Gasteiger partial charge on any atom is 0.308 e. The number of carbonyl (C=O) groups excluding carboxylic acids is 1. The van der Waals surface area contributed by atoms with Gasteiger partial charge in [-0.25, -0.2) is 0 Å². The van der Waals surface area contributed by atoms with Gasteiger partial charge in [-0.15, -0.1) is 0 Å². The highest BCUT2D eigenvalue weighted by Crippen LogP contribution is 2.30. The van der Waals surface area contributed by atoms with E-state index in [-0.39, 0.29) is 10.6 Å². The zero-order valence-corrected chi connectivity index (χ0v) is 10.3. The van der Waals surface area contributed by atoms with E-state index in [0.29, 0.717) is 10.8 Å². The van der Waals surface area contributed by atoms with Crippen LogP contribution < -0.4 is 4.74 Å². The summed E-state index contributed by atoms with van der Waals surface area (Å²) in [6, 6.07) is 9.01. The summed E-state index contributed by atoms with van der Waals surface area (Å²) in [5, 5.41) is 0.751. The highest BCUT2D eigenvalue weighted by Gasteiger charge is 2.15. The van der Waals surface area contributed by atoms with Gasteiger partial charge in [0.25, 0.3) is 10.1 Å². The Morgan fingerprint density at radius 2 is 1.72 bits per heavy atom. The number of hydrogen-bond acceptors (Lipinski definition) is 4. The standard InChI is InChI=1S/C12H10O5S/c1-8(13)17-11-6-2-5-10-9(11)4-3-7-12(10)18(14,15)16/h2-7H,1H3,(H,14,15,16). The van der Waals surface area contributed by atoms with Gasteiger partial charge in [0.1, 0.15) is 10.6 Å². The molecule has 0 radical (unpaired) electrons. The van der Waals surface area contributed by atoms with Crippen LogP contribution >= 0.6 is 0 Å². The van der Waals surface area contributed by atoms with Crippen molar-refractivity contribution in [3.05, 3.63) is 36.4 Å². The van der Waals surface area contributed by atoms with Crippen LogP contribution in [0.4, 0.5) is 0 Å². The van der Waals surface area contributed by atoms with Crippen LogP contribution in [-0.2, 0) is 14.9 Å². The first-order valence-electron chi connectivity index (χ1n) is 5.07. The lowest BCUT2D eigenvalue weighted by atomic mass is 10.1. The van der Waals surface area contributed by atoms with E-state index in [0.717, 1.165) is 0 Å². The van der Waals surface area contributed by atoms with Crippen molar-refractivity contribution in [2.45, 2.75) is 11.8 Å². The summed E-state index contributed by atoms with van der Waals surface area (Å²) >= 11 is 0. The number of ether oxygens (including phenoxy) is 1. The molecule has 0 bridgehead atoms. The van der Waals surface area contributed by atoms with Gasteiger partial charge in [0.2, 0.25) is 0 Å². The maximum atomic E-state index is 11.2. The van der Waals surface area contributed by atoms with E-state index in [1.54, 1.807) is 18.2 Å². The van der Waals surface area contributed by atoms with Crippen molar-refractivity contribution in [2.24, 2.45) is 0 Å². The average molecular weight is 266 g/mol. The molecule has 0 saturated heterocycles. The molecule has 0 aliphatic heterocycles. The van der Waals surface area contributed by atoms with Gasteiger partial charge >= 0.3 is 5.97 Å². The second-order valence-electron chi connectivity index (χ2n) is 3.68. The number of hydrogen-bond donors (Lipinski definition) is 1. The highest BCUT2D eigenvalue weighted by molar-refractivity contribution is 7.86. The monoisotopic (exact) mass is 266 g/mol. The predicted octanol–water partition coefficient (Wildman–Crippen LogP) is 2.01. The number of carbonyl (C=O) groups is 1. The second kappa shape index (κ2) is 4.40. The Labute approximate surface area is 104 Å². The quantitative estimate of drug-likeness (QED) is 0.511. The van der Waals surface area contributed by atoms with E-state index in [1.807, 2.05) is 0 Å². The number of benzene rings is 2. The van der Waals surface area contributed by atoms with E-state index in [1.165, 1.54) is 25.1 Å². The molecule has 0 aliphatic rings. The van der Waals surface area contributed by atoms with E-state index < -0.39 is 16.1 Å². The van der Waals surface area contributed by atoms with E-state index in [4.69, 9.17) is 9.29 Å². The summed E-state index contributed by atoms with van der Waals surface area (Å²) in [6.07, 6.45) is 0. The Hall–Kier alpha value is -1.92. The molecule has 0 saturated carbocycles. The van der Waals surface area contributed by atoms with Crippen molar-refractivity contribution in [1.29, 1.82) is 0 Å². The van der Waals surface area contributed by atoms with Crippen LogP contribution in [0.5, 0.6) is 5.75 Å². The van der Waals surface area contributed by atoms with Crippen LogP contribution in [0.25, 0.3) is 10.8 Å². The molecule has 0 atom stereocenters. The van der Waals surface area contributed by atoms with Gasteiger partial charge in [-0.05, 0) is 12.1 Å². The van der Waals surface area contributed by atoms with Crippen molar-refractivity contribution in [2.75, 3.05) is 0 Å². The summed E-state index contributed by atoms with van der Waals surface area (Å²) in [5.74, 6) is -0.245. The fraction of sp³-hybridized carbons (Fsp3) is 0.0833. The van der Waals surface area contributed by atoms with Crippen LogP contribution in [0.2, 0.25) is 0 Å². The molecule has 0 spiro atoms. The van der Waals surface area contributed by atoms with Crippen molar-refractivity contribution in [3.63, 3.8) is 0 Å². The maximum absolute atomic E-state index is 11.2. The summed E-state index contributed by atoms with van der Waals surface area (Å²) in [5.41, 5.74) is 0. The molecule has 0 unspecified atom stereocenters. The molecular weight excluding hydrogens is 256 g/mol. The third-order valence-electron chi connectivity index (χ3n) is 2.37. The first-order chi connectivity index (χ1) is 8.39.